The Balaban J connectivity index is 1.64. The van der Waals surface area contributed by atoms with E-state index in [1.807, 2.05) is 25.1 Å². The maximum absolute atomic E-state index is 12.2. The molecule has 1 aliphatic rings. The van der Waals surface area contributed by atoms with Crippen LogP contribution < -0.4 is 10.5 Å². The van der Waals surface area contributed by atoms with E-state index in [0.29, 0.717) is 12.5 Å². The first-order chi connectivity index (χ1) is 11.8. The maximum atomic E-state index is 12.2. The van der Waals surface area contributed by atoms with Gasteiger partial charge in [-0.2, -0.15) is 10.2 Å². The van der Waals surface area contributed by atoms with Crippen LogP contribution in [0.25, 0.3) is 0 Å². The summed E-state index contributed by atoms with van der Waals surface area (Å²) in [5.41, 5.74) is 1.82. The maximum Gasteiger partial charge on any atom is 0.266 e. The third kappa shape index (κ3) is 4.24. The lowest BCUT2D eigenvalue weighted by atomic mass is 9.92. The molecule has 2 aromatic heterocycles. The topological polar surface area (TPSA) is 63.9 Å². The van der Waals surface area contributed by atoms with Gasteiger partial charge in [0.05, 0.1) is 11.4 Å². The Morgan fingerprint density at radius 1 is 1.08 bits per heavy atom. The molecule has 0 amide bonds. The van der Waals surface area contributed by atoms with Crippen molar-refractivity contribution in [1.29, 1.82) is 0 Å². The molecule has 0 bridgehead atoms. The minimum absolute atomic E-state index is 0.0140. The predicted octanol–water partition coefficient (Wildman–Crippen LogP) is 2.56. The Morgan fingerprint density at radius 2 is 1.80 bits per heavy atom. The highest BCUT2D eigenvalue weighted by molar-refractivity contribution is 5.37. The van der Waals surface area contributed by atoms with Crippen LogP contribution in [0, 0.1) is 12.8 Å². The third-order valence-electron chi connectivity index (χ3n) is 4.79. The Kier molecular flexibility index (Phi) is 4.88. The standard InChI is InChI=1S/C19H27N5O/c1-14-5-7-17(21-20-14)23-11-9-15(10-12-23)13-24-18(25)8-6-16(22-24)19(2,3)4/h5-8,15H,9-13H2,1-4H3. The molecular formula is C19H27N5O. The van der Waals surface area contributed by atoms with Crippen molar-refractivity contribution in [2.24, 2.45) is 5.92 Å². The van der Waals surface area contributed by atoms with E-state index in [1.54, 1.807) is 10.7 Å². The van der Waals surface area contributed by atoms with Crippen molar-refractivity contribution in [3.63, 3.8) is 0 Å². The Hall–Kier alpha value is -2.24. The molecule has 6 nitrogen and oxygen atoms in total. The predicted molar refractivity (Wildman–Crippen MR) is 98.9 cm³/mol. The average Bonchev–Trinajstić information content (AvgIpc) is 2.57. The lowest BCUT2D eigenvalue weighted by Gasteiger charge is -2.32. The van der Waals surface area contributed by atoms with Crippen molar-refractivity contribution in [3.8, 4) is 0 Å². The van der Waals surface area contributed by atoms with Crippen LogP contribution in [0.5, 0.6) is 0 Å². The van der Waals surface area contributed by atoms with Gasteiger partial charge in [0.1, 0.15) is 0 Å². The highest BCUT2D eigenvalue weighted by Gasteiger charge is 2.22. The van der Waals surface area contributed by atoms with E-state index < -0.39 is 0 Å². The second-order valence-electron chi connectivity index (χ2n) is 7.95. The molecule has 6 heteroatoms. The van der Waals surface area contributed by atoms with Crippen LogP contribution in [0.3, 0.4) is 0 Å². The smallest absolute Gasteiger partial charge is 0.266 e. The molecule has 3 heterocycles. The van der Waals surface area contributed by atoms with Gasteiger partial charge in [0.2, 0.25) is 0 Å². The molecule has 0 atom stereocenters. The summed E-state index contributed by atoms with van der Waals surface area (Å²) in [6, 6.07) is 7.51. The normalized spacial score (nSPS) is 16.2. The average molecular weight is 341 g/mol. The summed E-state index contributed by atoms with van der Waals surface area (Å²) >= 11 is 0. The van der Waals surface area contributed by atoms with Crippen molar-refractivity contribution >= 4 is 5.82 Å². The number of rotatable bonds is 3. The van der Waals surface area contributed by atoms with Crippen LogP contribution in [-0.4, -0.2) is 33.1 Å². The Bertz CT molecular complexity index is 768. The Labute approximate surface area is 148 Å². The summed E-state index contributed by atoms with van der Waals surface area (Å²) in [5.74, 6) is 1.41. The molecule has 25 heavy (non-hydrogen) atoms. The molecule has 1 fully saturated rings. The first-order valence-electron chi connectivity index (χ1n) is 8.97. The molecule has 1 aliphatic heterocycles. The second kappa shape index (κ2) is 6.94. The lowest BCUT2D eigenvalue weighted by molar-refractivity contribution is 0.329. The second-order valence-corrected chi connectivity index (χ2v) is 7.95. The van der Waals surface area contributed by atoms with E-state index in [0.717, 1.165) is 43.1 Å². The van der Waals surface area contributed by atoms with Gasteiger partial charge in [-0.15, -0.1) is 5.10 Å². The van der Waals surface area contributed by atoms with Crippen molar-refractivity contribution in [1.82, 2.24) is 20.0 Å². The van der Waals surface area contributed by atoms with Gasteiger partial charge in [-0.25, -0.2) is 4.68 Å². The van der Waals surface area contributed by atoms with Gasteiger partial charge in [-0.3, -0.25) is 4.79 Å². The number of piperidine rings is 1. The fourth-order valence-electron chi connectivity index (χ4n) is 3.13. The molecule has 0 aliphatic carbocycles. The van der Waals surface area contributed by atoms with Crippen LogP contribution in [0.1, 0.15) is 45.0 Å². The van der Waals surface area contributed by atoms with Crippen LogP contribution in [0.2, 0.25) is 0 Å². The fourth-order valence-corrected chi connectivity index (χ4v) is 3.13. The molecule has 3 rings (SSSR count). The minimum atomic E-state index is -0.0527. The fraction of sp³-hybridized carbons (Fsp3) is 0.579. The number of nitrogens with zero attached hydrogens (tertiary/aromatic N) is 5. The monoisotopic (exact) mass is 341 g/mol. The number of anilines is 1. The largest absolute Gasteiger partial charge is 0.355 e. The zero-order valence-corrected chi connectivity index (χ0v) is 15.6. The van der Waals surface area contributed by atoms with Gasteiger partial charge >= 0.3 is 0 Å². The minimum Gasteiger partial charge on any atom is -0.355 e. The zero-order chi connectivity index (χ0) is 18.0. The summed E-state index contributed by atoms with van der Waals surface area (Å²) in [6.45, 7) is 10.9. The van der Waals surface area contributed by atoms with Crippen LogP contribution in [0.15, 0.2) is 29.1 Å². The number of aryl methyl sites for hydroxylation is 1. The summed E-state index contributed by atoms with van der Waals surface area (Å²) < 4.78 is 1.65. The van der Waals surface area contributed by atoms with E-state index in [2.05, 4.69) is 41.0 Å². The first kappa shape index (κ1) is 17.6. The summed E-state index contributed by atoms with van der Waals surface area (Å²) in [4.78, 5) is 14.4. The molecule has 134 valence electrons. The zero-order valence-electron chi connectivity index (χ0n) is 15.6. The van der Waals surface area contributed by atoms with E-state index in [4.69, 9.17) is 0 Å². The molecule has 0 spiro atoms. The molecule has 0 aromatic carbocycles. The molecule has 0 N–H and O–H groups in total. The molecule has 0 unspecified atom stereocenters. The van der Waals surface area contributed by atoms with Crippen LogP contribution in [-0.2, 0) is 12.0 Å². The van der Waals surface area contributed by atoms with E-state index in [-0.39, 0.29) is 11.0 Å². The molecule has 0 radical (unpaired) electrons. The van der Waals surface area contributed by atoms with Crippen molar-refractivity contribution in [3.05, 3.63) is 46.0 Å². The Morgan fingerprint density at radius 3 is 2.40 bits per heavy atom. The number of aromatic nitrogens is 4. The van der Waals surface area contributed by atoms with Gasteiger partial charge in [-0.05, 0) is 43.9 Å². The molecule has 1 saturated heterocycles. The van der Waals surface area contributed by atoms with Crippen molar-refractivity contribution in [2.75, 3.05) is 18.0 Å². The summed E-state index contributed by atoms with van der Waals surface area (Å²) in [5, 5.41) is 13.0. The van der Waals surface area contributed by atoms with Gasteiger partial charge in [-0.1, -0.05) is 20.8 Å². The number of hydrogen-bond acceptors (Lipinski definition) is 5. The highest BCUT2D eigenvalue weighted by atomic mass is 16.1. The van der Waals surface area contributed by atoms with E-state index in [9.17, 15) is 4.79 Å². The van der Waals surface area contributed by atoms with Crippen molar-refractivity contribution < 1.29 is 0 Å². The number of hydrogen-bond donors (Lipinski definition) is 0. The van der Waals surface area contributed by atoms with Crippen LogP contribution >= 0.6 is 0 Å². The molecular weight excluding hydrogens is 314 g/mol. The lowest BCUT2D eigenvalue weighted by Crippen LogP contribution is -2.37. The van der Waals surface area contributed by atoms with E-state index in [1.165, 1.54) is 0 Å². The quantitative estimate of drug-likeness (QED) is 0.858. The third-order valence-corrected chi connectivity index (χ3v) is 4.79. The van der Waals surface area contributed by atoms with Crippen molar-refractivity contribution in [2.45, 2.75) is 52.5 Å². The van der Waals surface area contributed by atoms with Gasteiger partial charge in [0.15, 0.2) is 5.82 Å². The first-order valence-corrected chi connectivity index (χ1v) is 8.97. The van der Waals surface area contributed by atoms with E-state index >= 15 is 0 Å². The SMILES string of the molecule is Cc1ccc(N2CCC(Cn3nc(C(C)(C)C)ccc3=O)CC2)nn1. The molecule has 0 saturated carbocycles. The highest BCUT2D eigenvalue weighted by Crippen LogP contribution is 2.23. The van der Waals surface area contributed by atoms with Gasteiger partial charge in [0, 0.05) is 31.1 Å². The van der Waals surface area contributed by atoms with Crippen LogP contribution in [0.4, 0.5) is 5.82 Å². The summed E-state index contributed by atoms with van der Waals surface area (Å²) in [6.07, 6.45) is 2.06. The van der Waals surface area contributed by atoms with Gasteiger partial charge < -0.3 is 4.90 Å². The summed E-state index contributed by atoms with van der Waals surface area (Å²) in [7, 11) is 0. The molecule has 2 aromatic rings. The van der Waals surface area contributed by atoms with Gasteiger partial charge in [0.25, 0.3) is 5.56 Å².